The van der Waals surface area contributed by atoms with E-state index in [1.807, 2.05) is 0 Å². The minimum absolute atomic E-state index is 0.116. The number of hydrogen-bond donors (Lipinski definition) is 3. The van der Waals surface area contributed by atoms with Crippen LogP contribution in [-0.4, -0.2) is 47.1 Å². The normalized spacial score (nSPS) is 41.3. The summed E-state index contributed by atoms with van der Waals surface area (Å²) in [6, 6.07) is -0.403. The number of nitrogens with one attached hydrogen (secondary N) is 1. The maximum Gasteiger partial charge on any atom is 0.217 e. The molecule has 5 nitrogen and oxygen atoms in total. The lowest BCUT2D eigenvalue weighted by atomic mass is 9.87. The molecule has 1 heterocycles. The lowest BCUT2D eigenvalue weighted by molar-refractivity contribution is -0.160. The second-order valence-corrected chi connectivity index (χ2v) is 4.14. The van der Waals surface area contributed by atoms with Crippen molar-refractivity contribution in [1.82, 2.24) is 5.32 Å². The van der Waals surface area contributed by atoms with Gasteiger partial charge in [-0.05, 0) is 6.92 Å². The van der Waals surface area contributed by atoms with Crippen LogP contribution in [0.15, 0.2) is 0 Å². The van der Waals surface area contributed by atoms with Crippen molar-refractivity contribution in [2.75, 3.05) is 6.61 Å². The zero-order chi connectivity index (χ0) is 11.6. The Morgan fingerprint density at radius 1 is 1.47 bits per heavy atom. The number of aliphatic hydroxyl groups is 2. The van der Waals surface area contributed by atoms with E-state index < -0.39 is 12.1 Å². The van der Waals surface area contributed by atoms with Gasteiger partial charge in [0.2, 0.25) is 5.91 Å². The van der Waals surface area contributed by atoms with Crippen LogP contribution in [0.3, 0.4) is 0 Å². The summed E-state index contributed by atoms with van der Waals surface area (Å²) in [5.74, 6) is -0.382. The van der Waals surface area contributed by atoms with Gasteiger partial charge in [0.1, 0.15) is 0 Å². The van der Waals surface area contributed by atoms with Crippen LogP contribution in [0, 0.1) is 5.92 Å². The van der Waals surface area contributed by atoms with Crippen LogP contribution in [-0.2, 0) is 9.53 Å². The minimum atomic E-state index is -0.685. The molecule has 1 aliphatic rings. The van der Waals surface area contributed by atoms with Crippen molar-refractivity contribution in [1.29, 1.82) is 0 Å². The smallest absolute Gasteiger partial charge is 0.217 e. The summed E-state index contributed by atoms with van der Waals surface area (Å²) >= 11 is 0. The number of amides is 1. The van der Waals surface area contributed by atoms with Gasteiger partial charge in [0.05, 0.1) is 31.0 Å². The fourth-order valence-corrected chi connectivity index (χ4v) is 1.96. The molecule has 0 saturated carbocycles. The molecular weight excluding hydrogens is 198 g/mol. The maximum atomic E-state index is 10.9. The molecule has 1 fully saturated rings. The molecule has 0 aromatic carbocycles. The fraction of sp³-hybridized carbons (Fsp3) is 0.900. The molecule has 15 heavy (non-hydrogen) atoms. The lowest BCUT2D eigenvalue weighted by Gasteiger charge is -2.42. The first-order valence-corrected chi connectivity index (χ1v) is 5.18. The maximum absolute atomic E-state index is 10.9. The fourth-order valence-electron chi connectivity index (χ4n) is 1.96. The molecule has 5 unspecified atom stereocenters. The Morgan fingerprint density at radius 3 is 2.53 bits per heavy atom. The van der Waals surface area contributed by atoms with Crippen molar-refractivity contribution in [3.63, 3.8) is 0 Å². The highest BCUT2D eigenvalue weighted by atomic mass is 16.5. The van der Waals surface area contributed by atoms with Gasteiger partial charge >= 0.3 is 0 Å². The number of carbonyl (C=O) groups is 1. The lowest BCUT2D eigenvalue weighted by Crippen LogP contribution is -2.60. The predicted molar refractivity (Wildman–Crippen MR) is 54.2 cm³/mol. The first-order chi connectivity index (χ1) is 6.97. The van der Waals surface area contributed by atoms with Gasteiger partial charge in [0, 0.05) is 12.8 Å². The second kappa shape index (κ2) is 4.92. The molecule has 1 aliphatic heterocycles. The van der Waals surface area contributed by atoms with Crippen molar-refractivity contribution < 1.29 is 19.7 Å². The topological polar surface area (TPSA) is 78.8 Å². The Hall–Kier alpha value is -0.650. The summed E-state index contributed by atoms with van der Waals surface area (Å²) in [5, 5.41) is 21.7. The van der Waals surface area contributed by atoms with Crippen LogP contribution in [0.25, 0.3) is 0 Å². The monoisotopic (exact) mass is 217 g/mol. The molecule has 0 aliphatic carbocycles. The molecule has 0 bridgehead atoms. The molecule has 0 radical (unpaired) electrons. The van der Waals surface area contributed by atoms with Gasteiger partial charge in [-0.25, -0.2) is 0 Å². The highest BCUT2D eigenvalue weighted by Crippen LogP contribution is 2.25. The number of aliphatic hydroxyl groups excluding tert-OH is 2. The van der Waals surface area contributed by atoms with E-state index in [4.69, 9.17) is 9.84 Å². The molecule has 0 aromatic heterocycles. The van der Waals surface area contributed by atoms with E-state index in [0.717, 1.165) is 0 Å². The second-order valence-electron chi connectivity index (χ2n) is 4.14. The number of hydrogen-bond acceptors (Lipinski definition) is 4. The van der Waals surface area contributed by atoms with Crippen LogP contribution in [0.4, 0.5) is 0 Å². The Labute approximate surface area is 89.4 Å². The molecule has 3 N–H and O–H groups in total. The van der Waals surface area contributed by atoms with Crippen LogP contribution in [0.2, 0.25) is 0 Å². The average Bonchev–Trinajstić information content (AvgIpc) is 2.18. The SMILES string of the molecule is CC(=O)NC1C(C)OC(CO)C(C)C1O. The summed E-state index contributed by atoms with van der Waals surface area (Å²) in [6.07, 6.45) is -1.34. The van der Waals surface area contributed by atoms with Gasteiger partial charge in [-0.2, -0.15) is 0 Å². The molecule has 0 aromatic rings. The molecule has 0 spiro atoms. The first-order valence-electron chi connectivity index (χ1n) is 5.18. The van der Waals surface area contributed by atoms with E-state index in [1.54, 1.807) is 13.8 Å². The summed E-state index contributed by atoms with van der Waals surface area (Å²) < 4.78 is 5.51. The minimum Gasteiger partial charge on any atom is -0.394 e. The molecule has 5 heteroatoms. The van der Waals surface area contributed by atoms with E-state index in [2.05, 4.69) is 5.32 Å². The Bertz CT molecular complexity index is 233. The van der Waals surface area contributed by atoms with E-state index in [9.17, 15) is 9.90 Å². The largest absolute Gasteiger partial charge is 0.394 e. The van der Waals surface area contributed by atoms with Gasteiger partial charge in [0.25, 0.3) is 0 Å². The summed E-state index contributed by atoms with van der Waals surface area (Å²) in [7, 11) is 0. The van der Waals surface area contributed by atoms with Crippen LogP contribution < -0.4 is 5.32 Å². The van der Waals surface area contributed by atoms with Crippen molar-refractivity contribution in [3.05, 3.63) is 0 Å². The van der Waals surface area contributed by atoms with E-state index in [-0.39, 0.29) is 30.6 Å². The molecule has 1 amide bonds. The molecule has 1 rings (SSSR count). The Balaban J connectivity index is 2.70. The van der Waals surface area contributed by atoms with Gasteiger partial charge < -0.3 is 20.3 Å². The third-order valence-electron chi connectivity index (χ3n) is 2.94. The molecule has 88 valence electrons. The molecule has 5 atom stereocenters. The van der Waals surface area contributed by atoms with Crippen molar-refractivity contribution in [2.45, 2.75) is 45.1 Å². The van der Waals surface area contributed by atoms with Crippen molar-refractivity contribution in [3.8, 4) is 0 Å². The van der Waals surface area contributed by atoms with Crippen LogP contribution in [0.1, 0.15) is 20.8 Å². The van der Waals surface area contributed by atoms with E-state index >= 15 is 0 Å². The first kappa shape index (κ1) is 12.4. The molecule has 1 saturated heterocycles. The van der Waals surface area contributed by atoms with E-state index in [0.29, 0.717) is 0 Å². The van der Waals surface area contributed by atoms with Crippen LogP contribution in [0.5, 0.6) is 0 Å². The van der Waals surface area contributed by atoms with Crippen LogP contribution >= 0.6 is 0 Å². The standard InChI is InChI=1S/C10H19NO4/c1-5-8(4-12)15-6(2)9(10(5)14)11-7(3)13/h5-6,8-10,12,14H,4H2,1-3H3,(H,11,13). The summed E-state index contributed by atoms with van der Waals surface area (Å²) in [5.41, 5.74) is 0. The summed E-state index contributed by atoms with van der Waals surface area (Å²) in [6.45, 7) is 4.86. The molecular formula is C10H19NO4. The highest BCUT2D eigenvalue weighted by Gasteiger charge is 2.40. The third kappa shape index (κ3) is 2.68. The van der Waals surface area contributed by atoms with Gasteiger partial charge in [-0.15, -0.1) is 0 Å². The zero-order valence-corrected chi connectivity index (χ0v) is 9.30. The van der Waals surface area contributed by atoms with Gasteiger partial charge in [0.15, 0.2) is 0 Å². The number of carbonyl (C=O) groups excluding carboxylic acids is 1. The highest BCUT2D eigenvalue weighted by molar-refractivity contribution is 5.73. The summed E-state index contributed by atoms with van der Waals surface area (Å²) in [4.78, 5) is 10.9. The van der Waals surface area contributed by atoms with Crippen molar-refractivity contribution in [2.24, 2.45) is 5.92 Å². The Kier molecular flexibility index (Phi) is 4.07. The quantitative estimate of drug-likeness (QED) is 0.569. The Morgan fingerprint density at radius 2 is 2.07 bits per heavy atom. The van der Waals surface area contributed by atoms with Gasteiger partial charge in [-0.3, -0.25) is 4.79 Å². The number of rotatable bonds is 2. The zero-order valence-electron chi connectivity index (χ0n) is 9.30. The van der Waals surface area contributed by atoms with E-state index in [1.165, 1.54) is 6.92 Å². The third-order valence-corrected chi connectivity index (χ3v) is 2.94. The predicted octanol–water partition coefficient (Wildman–Crippen LogP) is -0.732. The van der Waals surface area contributed by atoms with Gasteiger partial charge in [-0.1, -0.05) is 6.92 Å². The number of ether oxygens (including phenoxy) is 1. The van der Waals surface area contributed by atoms with Crippen molar-refractivity contribution >= 4 is 5.91 Å². The average molecular weight is 217 g/mol.